The fourth-order valence-corrected chi connectivity index (χ4v) is 2.08. The standard InChI is InChI=1S/C15H18N2O2/c1-10-14(8-9-18)11(2)17-15(16-10)12-4-6-13(19-3)7-5-12/h4-7,18H,8-9H2,1-3H3. The van der Waals surface area contributed by atoms with Crippen LogP contribution in [0.25, 0.3) is 11.4 Å². The summed E-state index contributed by atoms with van der Waals surface area (Å²) in [6, 6.07) is 7.67. The van der Waals surface area contributed by atoms with Crippen LogP contribution >= 0.6 is 0 Å². The summed E-state index contributed by atoms with van der Waals surface area (Å²) in [5.74, 6) is 1.52. The molecular formula is C15H18N2O2. The number of benzene rings is 1. The molecule has 0 aliphatic rings. The lowest BCUT2D eigenvalue weighted by atomic mass is 10.1. The second-order valence-corrected chi connectivity index (χ2v) is 4.40. The number of aliphatic hydroxyl groups excluding tert-OH is 1. The van der Waals surface area contributed by atoms with Gasteiger partial charge in [0.1, 0.15) is 5.75 Å². The highest BCUT2D eigenvalue weighted by atomic mass is 16.5. The second kappa shape index (κ2) is 5.80. The van der Waals surface area contributed by atoms with Gasteiger partial charge < -0.3 is 9.84 Å². The quantitative estimate of drug-likeness (QED) is 0.914. The molecule has 1 aromatic heterocycles. The zero-order chi connectivity index (χ0) is 13.8. The minimum atomic E-state index is 0.118. The molecule has 0 saturated carbocycles. The predicted octanol–water partition coefficient (Wildman–Crippen LogP) is 2.30. The molecule has 0 aliphatic heterocycles. The topological polar surface area (TPSA) is 55.2 Å². The summed E-state index contributed by atoms with van der Waals surface area (Å²) in [6.07, 6.45) is 0.598. The Labute approximate surface area is 113 Å². The van der Waals surface area contributed by atoms with Crippen molar-refractivity contribution in [1.82, 2.24) is 9.97 Å². The Kier molecular flexibility index (Phi) is 4.12. The molecule has 0 amide bonds. The highest BCUT2D eigenvalue weighted by molar-refractivity contribution is 5.57. The maximum Gasteiger partial charge on any atom is 0.159 e. The Morgan fingerprint density at radius 3 is 2.11 bits per heavy atom. The van der Waals surface area contributed by atoms with Crippen LogP contribution in [-0.4, -0.2) is 28.8 Å². The molecule has 0 aliphatic carbocycles. The number of hydrogen-bond donors (Lipinski definition) is 1. The third-order valence-electron chi connectivity index (χ3n) is 3.13. The molecular weight excluding hydrogens is 240 g/mol. The smallest absolute Gasteiger partial charge is 0.159 e. The van der Waals surface area contributed by atoms with Crippen LogP contribution in [-0.2, 0) is 6.42 Å². The molecule has 0 bridgehead atoms. The van der Waals surface area contributed by atoms with Crippen molar-refractivity contribution in [1.29, 1.82) is 0 Å². The van der Waals surface area contributed by atoms with E-state index >= 15 is 0 Å². The fraction of sp³-hybridized carbons (Fsp3) is 0.333. The molecule has 4 nitrogen and oxygen atoms in total. The highest BCUT2D eigenvalue weighted by Gasteiger charge is 2.09. The van der Waals surface area contributed by atoms with E-state index in [1.807, 2.05) is 38.1 Å². The molecule has 2 rings (SSSR count). The minimum Gasteiger partial charge on any atom is -0.497 e. The number of aliphatic hydroxyl groups is 1. The van der Waals surface area contributed by atoms with Crippen molar-refractivity contribution in [2.45, 2.75) is 20.3 Å². The molecule has 1 heterocycles. The maximum absolute atomic E-state index is 9.04. The zero-order valence-electron chi connectivity index (χ0n) is 11.5. The lowest BCUT2D eigenvalue weighted by molar-refractivity contribution is 0.299. The van der Waals surface area contributed by atoms with Crippen molar-refractivity contribution >= 4 is 0 Å². The van der Waals surface area contributed by atoms with Crippen LogP contribution in [0.1, 0.15) is 17.0 Å². The van der Waals surface area contributed by atoms with Crippen molar-refractivity contribution in [3.63, 3.8) is 0 Å². The molecule has 100 valence electrons. The monoisotopic (exact) mass is 258 g/mol. The summed E-state index contributed by atoms with van der Waals surface area (Å²) in [7, 11) is 1.64. The van der Waals surface area contributed by atoms with Crippen LogP contribution in [0.15, 0.2) is 24.3 Å². The van der Waals surface area contributed by atoms with E-state index in [0.717, 1.165) is 28.3 Å². The summed E-state index contributed by atoms with van der Waals surface area (Å²) >= 11 is 0. The maximum atomic E-state index is 9.04. The Hall–Kier alpha value is -1.94. The normalized spacial score (nSPS) is 10.5. The zero-order valence-corrected chi connectivity index (χ0v) is 11.5. The Bertz CT molecular complexity index is 542. The molecule has 1 aromatic carbocycles. The summed E-state index contributed by atoms with van der Waals surface area (Å²) in [6.45, 7) is 4.02. The highest BCUT2D eigenvalue weighted by Crippen LogP contribution is 2.21. The molecule has 19 heavy (non-hydrogen) atoms. The number of methoxy groups -OCH3 is 1. The van der Waals surface area contributed by atoms with Crippen LogP contribution in [0.3, 0.4) is 0 Å². The summed E-state index contributed by atoms with van der Waals surface area (Å²) in [5, 5.41) is 9.04. The molecule has 2 aromatic rings. The molecule has 0 atom stereocenters. The van der Waals surface area contributed by atoms with Gasteiger partial charge in [-0.25, -0.2) is 9.97 Å². The van der Waals surface area contributed by atoms with Gasteiger partial charge in [0, 0.05) is 23.6 Å². The molecule has 0 spiro atoms. The fourth-order valence-electron chi connectivity index (χ4n) is 2.08. The number of nitrogens with zero attached hydrogens (tertiary/aromatic N) is 2. The van der Waals surface area contributed by atoms with Gasteiger partial charge in [-0.15, -0.1) is 0 Å². The van der Waals surface area contributed by atoms with E-state index in [9.17, 15) is 0 Å². The summed E-state index contributed by atoms with van der Waals surface area (Å²) in [5.41, 5.74) is 3.84. The van der Waals surface area contributed by atoms with Gasteiger partial charge in [0.05, 0.1) is 7.11 Å². The van der Waals surface area contributed by atoms with E-state index in [2.05, 4.69) is 9.97 Å². The number of ether oxygens (including phenoxy) is 1. The Morgan fingerprint density at radius 2 is 1.63 bits per heavy atom. The van der Waals surface area contributed by atoms with Crippen LogP contribution in [0, 0.1) is 13.8 Å². The van der Waals surface area contributed by atoms with Crippen molar-refractivity contribution in [3.05, 3.63) is 41.2 Å². The van der Waals surface area contributed by atoms with Crippen LogP contribution in [0.5, 0.6) is 5.75 Å². The largest absolute Gasteiger partial charge is 0.497 e. The van der Waals surface area contributed by atoms with E-state index in [1.54, 1.807) is 7.11 Å². The minimum absolute atomic E-state index is 0.118. The number of hydrogen-bond acceptors (Lipinski definition) is 4. The third-order valence-corrected chi connectivity index (χ3v) is 3.13. The number of aryl methyl sites for hydroxylation is 2. The molecule has 0 radical (unpaired) electrons. The molecule has 0 saturated heterocycles. The van der Waals surface area contributed by atoms with E-state index in [1.165, 1.54) is 0 Å². The first-order valence-corrected chi connectivity index (χ1v) is 6.25. The first-order valence-electron chi connectivity index (χ1n) is 6.25. The first-order chi connectivity index (χ1) is 9.15. The van der Waals surface area contributed by atoms with Crippen molar-refractivity contribution in [3.8, 4) is 17.1 Å². The van der Waals surface area contributed by atoms with Gasteiger partial charge in [0.25, 0.3) is 0 Å². The molecule has 1 N–H and O–H groups in total. The summed E-state index contributed by atoms with van der Waals surface area (Å²) < 4.78 is 5.13. The van der Waals surface area contributed by atoms with Crippen molar-refractivity contribution < 1.29 is 9.84 Å². The van der Waals surface area contributed by atoms with E-state index in [0.29, 0.717) is 12.2 Å². The van der Waals surface area contributed by atoms with E-state index in [4.69, 9.17) is 9.84 Å². The van der Waals surface area contributed by atoms with Gasteiger partial charge in [-0.3, -0.25) is 0 Å². The average Bonchev–Trinajstić information content (AvgIpc) is 2.43. The van der Waals surface area contributed by atoms with Crippen molar-refractivity contribution in [2.75, 3.05) is 13.7 Å². The lowest BCUT2D eigenvalue weighted by Crippen LogP contribution is -2.04. The van der Waals surface area contributed by atoms with Gasteiger partial charge in [-0.05, 0) is 50.1 Å². The third kappa shape index (κ3) is 2.90. The SMILES string of the molecule is COc1ccc(-c2nc(C)c(CCO)c(C)n2)cc1. The first kappa shape index (κ1) is 13.5. The average molecular weight is 258 g/mol. The number of aromatic nitrogens is 2. The summed E-state index contributed by atoms with van der Waals surface area (Å²) in [4.78, 5) is 9.03. The van der Waals surface area contributed by atoms with Gasteiger partial charge in [-0.2, -0.15) is 0 Å². The van der Waals surface area contributed by atoms with E-state index in [-0.39, 0.29) is 6.61 Å². The Morgan fingerprint density at radius 1 is 1.05 bits per heavy atom. The van der Waals surface area contributed by atoms with Gasteiger partial charge >= 0.3 is 0 Å². The number of rotatable bonds is 4. The molecule has 4 heteroatoms. The van der Waals surface area contributed by atoms with Crippen LogP contribution in [0.2, 0.25) is 0 Å². The lowest BCUT2D eigenvalue weighted by Gasteiger charge is -2.10. The molecule has 0 fully saturated rings. The molecule has 0 unspecified atom stereocenters. The van der Waals surface area contributed by atoms with Crippen LogP contribution < -0.4 is 4.74 Å². The van der Waals surface area contributed by atoms with Gasteiger partial charge in [-0.1, -0.05) is 0 Å². The van der Waals surface area contributed by atoms with E-state index < -0.39 is 0 Å². The van der Waals surface area contributed by atoms with Gasteiger partial charge in [0.15, 0.2) is 5.82 Å². The van der Waals surface area contributed by atoms with Gasteiger partial charge in [0.2, 0.25) is 0 Å². The van der Waals surface area contributed by atoms with Crippen molar-refractivity contribution in [2.24, 2.45) is 0 Å². The Balaban J connectivity index is 2.39. The predicted molar refractivity (Wildman–Crippen MR) is 74.3 cm³/mol. The second-order valence-electron chi connectivity index (χ2n) is 4.40. The van der Waals surface area contributed by atoms with Crippen LogP contribution in [0.4, 0.5) is 0 Å².